The van der Waals surface area contributed by atoms with Crippen LogP contribution in [0.2, 0.25) is 0 Å². The summed E-state index contributed by atoms with van der Waals surface area (Å²) in [6, 6.07) is 14.4. The first-order valence-electron chi connectivity index (χ1n) is 10.3. The highest BCUT2D eigenvalue weighted by atomic mass is 16.7. The molecule has 0 radical (unpaired) electrons. The zero-order valence-electron chi connectivity index (χ0n) is 17.4. The van der Waals surface area contributed by atoms with Gasteiger partial charge >= 0.3 is 0 Å². The number of phenols is 2. The van der Waals surface area contributed by atoms with E-state index in [0.29, 0.717) is 5.56 Å². The lowest BCUT2D eigenvalue weighted by atomic mass is 9.81. The maximum Gasteiger partial charge on any atom is 0.205 e. The monoisotopic (exact) mass is 386 g/mol. The van der Waals surface area contributed by atoms with Crippen LogP contribution < -0.4 is 0 Å². The normalized spacial score (nSPS) is 12.8. The highest BCUT2D eigenvalue weighted by Crippen LogP contribution is 2.48. The fourth-order valence-electron chi connectivity index (χ4n) is 4.01. The Bertz CT molecular complexity index is 709. The highest BCUT2D eigenvalue weighted by Gasteiger charge is 2.44. The highest BCUT2D eigenvalue weighted by molar-refractivity contribution is 5.42. The molecule has 0 bridgehead atoms. The van der Waals surface area contributed by atoms with Crippen LogP contribution in [0.5, 0.6) is 11.5 Å². The molecule has 4 nitrogen and oxygen atoms in total. The number of hydrogen-bond acceptors (Lipinski definition) is 4. The van der Waals surface area contributed by atoms with Gasteiger partial charge in [-0.2, -0.15) is 0 Å². The lowest BCUT2D eigenvalue weighted by Gasteiger charge is -2.39. The van der Waals surface area contributed by atoms with Crippen molar-refractivity contribution >= 4 is 0 Å². The third kappa shape index (κ3) is 5.06. The molecule has 0 fully saturated rings. The van der Waals surface area contributed by atoms with Gasteiger partial charge in [0.15, 0.2) is 0 Å². The number of rotatable bonds is 12. The molecule has 0 saturated heterocycles. The molecule has 28 heavy (non-hydrogen) atoms. The van der Waals surface area contributed by atoms with Crippen LogP contribution in [0.15, 0.2) is 48.5 Å². The number of methoxy groups -OCH3 is 2. The lowest BCUT2D eigenvalue weighted by Crippen LogP contribution is -2.38. The third-order valence-electron chi connectivity index (χ3n) is 5.50. The van der Waals surface area contributed by atoms with Crippen molar-refractivity contribution in [2.45, 2.75) is 63.6 Å². The number of ether oxygens (including phenoxy) is 2. The van der Waals surface area contributed by atoms with E-state index in [-0.39, 0.29) is 17.4 Å². The van der Waals surface area contributed by atoms with Crippen molar-refractivity contribution in [3.63, 3.8) is 0 Å². The Morgan fingerprint density at radius 2 is 1.36 bits per heavy atom. The van der Waals surface area contributed by atoms with E-state index in [2.05, 4.69) is 6.92 Å². The van der Waals surface area contributed by atoms with Gasteiger partial charge in [0.1, 0.15) is 11.5 Å². The molecule has 1 unspecified atom stereocenters. The van der Waals surface area contributed by atoms with Crippen LogP contribution in [0.4, 0.5) is 0 Å². The van der Waals surface area contributed by atoms with E-state index in [4.69, 9.17) is 9.47 Å². The quantitative estimate of drug-likeness (QED) is 0.343. The molecule has 0 aliphatic rings. The summed E-state index contributed by atoms with van der Waals surface area (Å²) in [7, 11) is 3.17. The Morgan fingerprint density at radius 1 is 0.786 bits per heavy atom. The third-order valence-corrected chi connectivity index (χ3v) is 5.50. The minimum atomic E-state index is -1.19. The first kappa shape index (κ1) is 22.3. The van der Waals surface area contributed by atoms with Crippen molar-refractivity contribution in [3.8, 4) is 11.5 Å². The second-order valence-corrected chi connectivity index (χ2v) is 7.26. The maximum absolute atomic E-state index is 10.6. The summed E-state index contributed by atoms with van der Waals surface area (Å²) in [5, 5.41) is 21.1. The van der Waals surface area contributed by atoms with Crippen molar-refractivity contribution < 1.29 is 19.7 Å². The summed E-state index contributed by atoms with van der Waals surface area (Å²) in [6.07, 6.45) is 7.83. The standard InChI is InChI=1S/C24H34O4/c1-4-5-6-7-8-9-15-20(19-14-10-12-17-22(19)25)24(27-2,28-3)21-16-11-13-18-23(21)26/h10-14,16-18,20,25-26H,4-9,15H2,1-3H3. The smallest absolute Gasteiger partial charge is 0.205 e. The van der Waals surface area contributed by atoms with Crippen LogP contribution in [0.1, 0.15) is 68.9 Å². The molecule has 1 atom stereocenters. The Hall–Kier alpha value is -2.04. The Balaban J connectivity index is 2.37. The zero-order valence-corrected chi connectivity index (χ0v) is 17.4. The number of benzene rings is 2. The SMILES string of the molecule is CCCCCCCCC(c1ccccc1O)C(OC)(OC)c1ccccc1O. The van der Waals surface area contributed by atoms with Gasteiger partial charge in [-0.3, -0.25) is 0 Å². The van der Waals surface area contributed by atoms with Gasteiger partial charge in [0.25, 0.3) is 0 Å². The predicted octanol–water partition coefficient (Wildman–Crippen LogP) is 6.08. The second kappa shape index (κ2) is 11.1. The van der Waals surface area contributed by atoms with Gasteiger partial charge in [-0.1, -0.05) is 75.8 Å². The van der Waals surface area contributed by atoms with Crippen LogP contribution >= 0.6 is 0 Å². The largest absolute Gasteiger partial charge is 0.508 e. The molecule has 2 N–H and O–H groups in total. The average molecular weight is 387 g/mol. The molecule has 4 heteroatoms. The van der Waals surface area contributed by atoms with Crippen molar-refractivity contribution in [1.29, 1.82) is 0 Å². The number of unbranched alkanes of at least 4 members (excludes halogenated alkanes) is 5. The molecule has 2 rings (SSSR count). The Labute approximate surface area is 169 Å². The molecular weight excluding hydrogens is 352 g/mol. The van der Waals surface area contributed by atoms with Gasteiger partial charge < -0.3 is 19.7 Å². The van der Waals surface area contributed by atoms with E-state index in [0.717, 1.165) is 24.8 Å². The predicted molar refractivity (Wildman–Crippen MR) is 113 cm³/mol. The summed E-state index contributed by atoms with van der Waals surface area (Å²) in [6.45, 7) is 2.21. The maximum atomic E-state index is 10.6. The first-order valence-corrected chi connectivity index (χ1v) is 10.3. The number of para-hydroxylation sites is 2. The molecule has 0 spiro atoms. The van der Waals surface area contributed by atoms with E-state index in [9.17, 15) is 10.2 Å². The minimum Gasteiger partial charge on any atom is -0.508 e. The minimum absolute atomic E-state index is 0.120. The van der Waals surface area contributed by atoms with Gasteiger partial charge in [0.05, 0.1) is 5.56 Å². The molecule has 0 aliphatic heterocycles. The van der Waals surface area contributed by atoms with E-state index in [1.54, 1.807) is 32.4 Å². The van der Waals surface area contributed by atoms with E-state index in [1.165, 1.54) is 25.7 Å². The molecule has 2 aromatic rings. The average Bonchev–Trinajstić information content (AvgIpc) is 2.72. The van der Waals surface area contributed by atoms with E-state index in [1.807, 2.05) is 30.3 Å². The lowest BCUT2D eigenvalue weighted by molar-refractivity contribution is -0.234. The Morgan fingerprint density at radius 3 is 1.96 bits per heavy atom. The van der Waals surface area contributed by atoms with Crippen LogP contribution in [-0.4, -0.2) is 24.4 Å². The molecule has 0 aromatic heterocycles. The van der Waals surface area contributed by atoms with E-state index >= 15 is 0 Å². The summed E-state index contributed by atoms with van der Waals surface area (Å²) in [5.41, 5.74) is 1.34. The summed E-state index contributed by atoms with van der Waals surface area (Å²) < 4.78 is 11.9. The summed E-state index contributed by atoms with van der Waals surface area (Å²) in [4.78, 5) is 0. The van der Waals surface area contributed by atoms with E-state index < -0.39 is 5.79 Å². The van der Waals surface area contributed by atoms with Crippen LogP contribution in [0, 0.1) is 0 Å². The summed E-state index contributed by atoms with van der Waals surface area (Å²) >= 11 is 0. The number of hydrogen-bond donors (Lipinski definition) is 2. The van der Waals surface area contributed by atoms with Crippen molar-refractivity contribution in [2.24, 2.45) is 0 Å². The fourth-order valence-corrected chi connectivity index (χ4v) is 4.01. The second-order valence-electron chi connectivity index (χ2n) is 7.26. The summed E-state index contributed by atoms with van der Waals surface area (Å²) in [5.74, 6) is -1.11. The van der Waals surface area contributed by atoms with Crippen molar-refractivity contribution in [3.05, 3.63) is 59.7 Å². The topological polar surface area (TPSA) is 58.9 Å². The van der Waals surface area contributed by atoms with Crippen LogP contribution in [0.25, 0.3) is 0 Å². The van der Waals surface area contributed by atoms with Crippen molar-refractivity contribution in [1.82, 2.24) is 0 Å². The fraction of sp³-hybridized carbons (Fsp3) is 0.500. The first-order chi connectivity index (χ1) is 13.6. The number of aromatic hydroxyl groups is 2. The van der Waals surface area contributed by atoms with Gasteiger partial charge in [0.2, 0.25) is 5.79 Å². The van der Waals surface area contributed by atoms with Gasteiger partial charge in [-0.05, 0) is 24.6 Å². The molecular formula is C24H34O4. The Kier molecular flexibility index (Phi) is 8.81. The zero-order chi connectivity index (χ0) is 20.4. The van der Waals surface area contributed by atoms with Gasteiger partial charge in [-0.15, -0.1) is 0 Å². The van der Waals surface area contributed by atoms with Crippen LogP contribution in [0.3, 0.4) is 0 Å². The van der Waals surface area contributed by atoms with Crippen LogP contribution in [-0.2, 0) is 15.3 Å². The molecule has 0 heterocycles. The molecule has 0 aliphatic carbocycles. The molecule has 0 amide bonds. The van der Waals surface area contributed by atoms with Gasteiger partial charge in [0, 0.05) is 25.7 Å². The number of phenolic OH excluding ortho intramolecular Hbond substituents is 2. The van der Waals surface area contributed by atoms with Crippen molar-refractivity contribution in [2.75, 3.05) is 14.2 Å². The molecule has 154 valence electrons. The van der Waals surface area contributed by atoms with Gasteiger partial charge in [-0.25, -0.2) is 0 Å². The molecule has 0 saturated carbocycles. The molecule has 2 aromatic carbocycles.